The number of benzene rings is 3. The fraction of sp³-hybridized carbons (Fsp3) is 0.240. The average Bonchev–Trinajstić information content (AvgIpc) is 2.84. The quantitative estimate of drug-likeness (QED) is 0.549. The van der Waals surface area contributed by atoms with Crippen molar-refractivity contribution >= 4 is 27.3 Å². The van der Waals surface area contributed by atoms with Crippen LogP contribution in [0.1, 0.15) is 11.1 Å². The largest absolute Gasteiger partial charge is 0.497 e. The van der Waals surface area contributed by atoms with Crippen molar-refractivity contribution in [1.29, 1.82) is 0 Å². The second kappa shape index (κ2) is 9.64. The van der Waals surface area contributed by atoms with Crippen LogP contribution in [0, 0.1) is 13.8 Å². The number of rotatable bonds is 7. The molecule has 3 aromatic rings. The minimum absolute atomic E-state index is 0.149. The minimum Gasteiger partial charge on any atom is -0.497 e. The molecule has 1 amide bonds. The van der Waals surface area contributed by atoms with Crippen molar-refractivity contribution in [3.8, 4) is 17.2 Å². The Bertz CT molecular complexity index is 1310. The van der Waals surface area contributed by atoms with Gasteiger partial charge in [0.1, 0.15) is 25.5 Å². The van der Waals surface area contributed by atoms with Gasteiger partial charge in [-0.05, 0) is 67.4 Å². The topological polar surface area (TPSA) is 94.2 Å². The van der Waals surface area contributed by atoms with Crippen LogP contribution in [0.2, 0.25) is 0 Å². The molecule has 9 heteroatoms. The van der Waals surface area contributed by atoms with E-state index in [4.69, 9.17) is 14.2 Å². The zero-order chi connectivity index (χ0) is 24.3. The summed E-state index contributed by atoms with van der Waals surface area (Å²) in [6.07, 6.45) is 0. The lowest BCUT2D eigenvalue weighted by Crippen LogP contribution is -2.38. The van der Waals surface area contributed by atoms with Crippen LogP contribution in [0.15, 0.2) is 65.6 Å². The molecule has 1 heterocycles. The molecule has 0 aromatic heterocycles. The summed E-state index contributed by atoms with van der Waals surface area (Å²) in [6, 6.07) is 16.8. The van der Waals surface area contributed by atoms with Gasteiger partial charge in [-0.2, -0.15) is 0 Å². The second-order valence-corrected chi connectivity index (χ2v) is 9.72. The molecule has 1 N–H and O–H groups in total. The standard InChI is InChI=1S/C25H26N2O6S/c1-17-4-5-18(2)24(14-17)34(29,30)27(20-7-9-21(31-3)10-8-20)16-25(28)26-19-6-11-22-23(15-19)33-13-12-32-22/h4-11,14-15H,12-13,16H2,1-3H3,(H,26,28). The highest BCUT2D eigenvalue weighted by molar-refractivity contribution is 7.93. The molecule has 0 radical (unpaired) electrons. The van der Waals surface area contributed by atoms with Crippen LogP contribution in [0.25, 0.3) is 0 Å². The van der Waals surface area contributed by atoms with E-state index in [-0.39, 0.29) is 4.90 Å². The molecule has 34 heavy (non-hydrogen) atoms. The summed E-state index contributed by atoms with van der Waals surface area (Å²) >= 11 is 0. The van der Waals surface area contributed by atoms with E-state index in [9.17, 15) is 13.2 Å². The smallest absolute Gasteiger partial charge is 0.265 e. The number of hydrogen-bond acceptors (Lipinski definition) is 6. The zero-order valence-electron chi connectivity index (χ0n) is 19.2. The van der Waals surface area contributed by atoms with E-state index in [1.807, 2.05) is 13.0 Å². The third-order valence-corrected chi connectivity index (χ3v) is 7.30. The summed E-state index contributed by atoms with van der Waals surface area (Å²) in [5.74, 6) is 1.20. The van der Waals surface area contributed by atoms with Gasteiger partial charge in [-0.25, -0.2) is 8.42 Å². The Kier molecular flexibility index (Phi) is 6.65. The van der Waals surface area contributed by atoms with Gasteiger partial charge in [-0.1, -0.05) is 12.1 Å². The molecule has 4 rings (SSSR count). The SMILES string of the molecule is COc1ccc(N(CC(=O)Nc2ccc3c(c2)OCCO3)S(=O)(=O)c2cc(C)ccc2C)cc1. The Morgan fingerprint density at radius 2 is 1.68 bits per heavy atom. The Morgan fingerprint density at radius 3 is 2.38 bits per heavy atom. The van der Waals surface area contributed by atoms with Gasteiger partial charge in [0.2, 0.25) is 5.91 Å². The van der Waals surface area contributed by atoms with E-state index in [1.54, 1.807) is 61.5 Å². The van der Waals surface area contributed by atoms with Crippen LogP contribution < -0.4 is 23.8 Å². The van der Waals surface area contributed by atoms with Crippen LogP contribution >= 0.6 is 0 Å². The second-order valence-electron chi connectivity index (χ2n) is 7.89. The number of methoxy groups -OCH3 is 1. The number of carbonyl (C=O) groups is 1. The Labute approximate surface area is 199 Å². The molecule has 0 unspecified atom stereocenters. The lowest BCUT2D eigenvalue weighted by atomic mass is 10.2. The number of sulfonamides is 1. The van der Waals surface area contributed by atoms with Gasteiger partial charge in [-0.3, -0.25) is 9.10 Å². The van der Waals surface area contributed by atoms with Crippen LogP contribution in [-0.4, -0.2) is 41.2 Å². The molecule has 8 nitrogen and oxygen atoms in total. The highest BCUT2D eigenvalue weighted by atomic mass is 32.2. The van der Waals surface area contributed by atoms with E-state index in [0.717, 1.165) is 9.87 Å². The van der Waals surface area contributed by atoms with Gasteiger partial charge in [0.15, 0.2) is 11.5 Å². The summed E-state index contributed by atoms with van der Waals surface area (Å²) in [6.45, 7) is 4.02. The predicted octanol–water partition coefficient (Wildman–Crippen LogP) is 3.92. The summed E-state index contributed by atoms with van der Waals surface area (Å²) in [5, 5.41) is 2.76. The number of aryl methyl sites for hydroxylation is 2. The van der Waals surface area contributed by atoms with E-state index in [2.05, 4.69) is 5.32 Å². The summed E-state index contributed by atoms with van der Waals surface area (Å²) in [7, 11) is -2.51. The summed E-state index contributed by atoms with van der Waals surface area (Å²) < 4.78 is 44.8. The van der Waals surface area contributed by atoms with Crippen LogP contribution in [-0.2, 0) is 14.8 Å². The van der Waals surface area contributed by atoms with Crippen molar-refractivity contribution < 1.29 is 27.4 Å². The molecule has 0 fully saturated rings. The number of nitrogens with zero attached hydrogens (tertiary/aromatic N) is 1. The number of amides is 1. The van der Waals surface area contributed by atoms with Crippen molar-refractivity contribution in [2.24, 2.45) is 0 Å². The van der Waals surface area contributed by atoms with Crippen LogP contribution in [0.4, 0.5) is 11.4 Å². The molecule has 0 bridgehead atoms. The molecule has 0 spiro atoms. The first kappa shape index (κ1) is 23.4. The first-order valence-corrected chi connectivity index (χ1v) is 12.2. The highest BCUT2D eigenvalue weighted by Crippen LogP contribution is 2.33. The van der Waals surface area contributed by atoms with Gasteiger partial charge >= 0.3 is 0 Å². The predicted molar refractivity (Wildman–Crippen MR) is 130 cm³/mol. The number of hydrogen-bond donors (Lipinski definition) is 1. The van der Waals surface area contributed by atoms with E-state index < -0.39 is 22.5 Å². The zero-order valence-corrected chi connectivity index (χ0v) is 20.0. The third kappa shape index (κ3) is 4.94. The summed E-state index contributed by atoms with van der Waals surface area (Å²) in [5.41, 5.74) is 2.23. The lowest BCUT2D eigenvalue weighted by Gasteiger charge is -2.25. The molecule has 0 saturated heterocycles. The van der Waals surface area contributed by atoms with Crippen molar-refractivity contribution in [2.45, 2.75) is 18.7 Å². The lowest BCUT2D eigenvalue weighted by molar-refractivity contribution is -0.114. The van der Waals surface area contributed by atoms with Crippen molar-refractivity contribution in [1.82, 2.24) is 0 Å². The number of anilines is 2. The Morgan fingerprint density at radius 1 is 0.971 bits per heavy atom. The molecule has 3 aromatic carbocycles. The summed E-state index contributed by atoms with van der Waals surface area (Å²) in [4.78, 5) is 13.2. The number of ether oxygens (including phenoxy) is 3. The fourth-order valence-corrected chi connectivity index (χ4v) is 5.35. The van der Waals surface area contributed by atoms with E-state index in [1.165, 1.54) is 7.11 Å². The Balaban J connectivity index is 1.65. The van der Waals surface area contributed by atoms with E-state index >= 15 is 0 Å². The van der Waals surface area contributed by atoms with Gasteiger partial charge in [0.25, 0.3) is 10.0 Å². The van der Waals surface area contributed by atoms with Crippen LogP contribution in [0.5, 0.6) is 17.2 Å². The van der Waals surface area contributed by atoms with Gasteiger partial charge < -0.3 is 19.5 Å². The van der Waals surface area contributed by atoms with Crippen LogP contribution in [0.3, 0.4) is 0 Å². The maximum atomic E-state index is 13.7. The number of fused-ring (bicyclic) bond motifs is 1. The molecule has 0 atom stereocenters. The first-order chi connectivity index (χ1) is 16.3. The number of nitrogens with one attached hydrogen (secondary N) is 1. The molecule has 178 valence electrons. The van der Waals surface area contributed by atoms with Crippen molar-refractivity contribution in [3.63, 3.8) is 0 Å². The maximum Gasteiger partial charge on any atom is 0.265 e. The molecule has 1 aliphatic heterocycles. The molecular weight excluding hydrogens is 456 g/mol. The molecular formula is C25H26N2O6S. The molecule has 0 aliphatic carbocycles. The normalized spacial score (nSPS) is 12.7. The average molecular weight is 483 g/mol. The van der Waals surface area contributed by atoms with Gasteiger partial charge in [0, 0.05) is 11.8 Å². The highest BCUT2D eigenvalue weighted by Gasteiger charge is 2.29. The van der Waals surface area contributed by atoms with Crippen molar-refractivity contribution in [2.75, 3.05) is 36.5 Å². The first-order valence-electron chi connectivity index (χ1n) is 10.7. The fourth-order valence-electron chi connectivity index (χ4n) is 3.62. The van der Waals surface area contributed by atoms with Gasteiger partial charge in [0.05, 0.1) is 17.7 Å². The molecule has 0 saturated carbocycles. The third-order valence-electron chi connectivity index (χ3n) is 5.39. The van der Waals surface area contributed by atoms with Gasteiger partial charge in [-0.15, -0.1) is 0 Å². The van der Waals surface area contributed by atoms with Crippen molar-refractivity contribution in [3.05, 3.63) is 71.8 Å². The minimum atomic E-state index is -4.04. The maximum absolute atomic E-state index is 13.7. The Hall–Kier alpha value is -3.72. The van der Waals surface area contributed by atoms with E-state index in [0.29, 0.717) is 47.4 Å². The number of carbonyl (C=O) groups excluding carboxylic acids is 1. The molecule has 1 aliphatic rings. The monoisotopic (exact) mass is 482 g/mol.